The molecule has 0 bridgehead atoms. The highest BCUT2D eigenvalue weighted by Gasteiger charge is 2.16. The molecule has 0 unspecified atom stereocenters. The summed E-state index contributed by atoms with van der Waals surface area (Å²) in [7, 11) is 0. The molecule has 8 nitrogen and oxygen atoms in total. The number of hydrogen-bond acceptors (Lipinski definition) is 8. The second-order valence-electron chi connectivity index (χ2n) is 6.34. The van der Waals surface area contributed by atoms with Crippen molar-refractivity contribution in [2.75, 3.05) is 0 Å². The van der Waals surface area contributed by atoms with E-state index in [9.17, 15) is 30.0 Å². The zero-order chi connectivity index (χ0) is 20.0. The molecule has 2 aromatic carbocycles. The fraction of sp³-hybridized carbons (Fsp3) is 0.100. The van der Waals surface area contributed by atoms with Crippen molar-refractivity contribution in [3.8, 4) is 23.0 Å². The Bertz CT molecular complexity index is 1350. The highest BCUT2D eigenvalue weighted by molar-refractivity contribution is 6.04. The third kappa shape index (κ3) is 2.90. The van der Waals surface area contributed by atoms with Crippen molar-refractivity contribution in [1.82, 2.24) is 0 Å². The molecule has 0 spiro atoms. The SMILES string of the molecule is O=c1oc2cc(CCc3ccc(O)c(O)c3)oc(=O)c2c2cc(O)c(O)cc12. The summed E-state index contributed by atoms with van der Waals surface area (Å²) in [6.07, 6.45) is 0.673. The summed E-state index contributed by atoms with van der Waals surface area (Å²) < 4.78 is 10.5. The van der Waals surface area contributed by atoms with Gasteiger partial charge in [-0.05, 0) is 36.2 Å². The van der Waals surface area contributed by atoms with Crippen molar-refractivity contribution >= 4 is 21.7 Å². The van der Waals surface area contributed by atoms with Crippen molar-refractivity contribution in [3.63, 3.8) is 0 Å². The van der Waals surface area contributed by atoms with Gasteiger partial charge in [0.05, 0.1) is 5.39 Å². The summed E-state index contributed by atoms with van der Waals surface area (Å²) in [5.41, 5.74) is -0.807. The quantitative estimate of drug-likeness (QED) is 0.313. The summed E-state index contributed by atoms with van der Waals surface area (Å²) in [5, 5.41) is 38.2. The average molecular weight is 382 g/mol. The van der Waals surface area contributed by atoms with Crippen LogP contribution >= 0.6 is 0 Å². The number of aromatic hydroxyl groups is 4. The Labute approximate surface area is 156 Å². The maximum Gasteiger partial charge on any atom is 0.347 e. The smallest absolute Gasteiger partial charge is 0.347 e. The molecule has 0 aliphatic carbocycles. The molecule has 0 aliphatic rings. The average Bonchev–Trinajstić information content (AvgIpc) is 2.64. The summed E-state index contributed by atoms with van der Waals surface area (Å²) in [5.74, 6) is -1.20. The van der Waals surface area contributed by atoms with Crippen molar-refractivity contribution in [2.45, 2.75) is 12.8 Å². The highest BCUT2D eigenvalue weighted by atomic mass is 16.4. The Morgan fingerprint density at radius 1 is 0.679 bits per heavy atom. The molecule has 0 saturated heterocycles. The van der Waals surface area contributed by atoms with Gasteiger partial charge in [0, 0.05) is 17.9 Å². The maximum atomic E-state index is 12.5. The van der Waals surface area contributed by atoms with Crippen LogP contribution in [0.2, 0.25) is 0 Å². The van der Waals surface area contributed by atoms with Crippen LogP contribution in [0.1, 0.15) is 11.3 Å². The van der Waals surface area contributed by atoms with E-state index in [0.29, 0.717) is 12.0 Å². The van der Waals surface area contributed by atoms with E-state index < -0.39 is 22.8 Å². The van der Waals surface area contributed by atoms with E-state index in [1.807, 2.05) is 0 Å². The van der Waals surface area contributed by atoms with E-state index in [2.05, 4.69) is 0 Å². The summed E-state index contributed by atoms with van der Waals surface area (Å²) in [4.78, 5) is 24.7. The molecule has 2 heterocycles. The topological polar surface area (TPSA) is 141 Å². The van der Waals surface area contributed by atoms with Crippen LogP contribution in [-0.2, 0) is 12.8 Å². The van der Waals surface area contributed by atoms with E-state index >= 15 is 0 Å². The van der Waals surface area contributed by atoms with Crippen molar-refractivity contribution < 1.29 is 29.3 Å². The molecule has 0 fully saturated rings. The van der Waals surface area contributed by atoms with Crippen molar-refractivity contribution in [3.05, 3.63) is 68.6 Å². The van der Waals surface area contributed by atoms with Crippen LogP contribution in [0.25, 0.3) is 21.7 Å². The number of hydrogen-bond donors (Lipinski definition) is 4. The first-order valence-electron chi connectivity index (χ1n) is 8.30. The number of fused-ring (bicyclic) bond motifs is 3. The van der Waals surface area contributed by atoms with Gasteiger partial charge in [-0.15, -0.1) is 0 Å². The molecule has 0 amide bonds. The summed E-state index contributed by atoms with van der Waals surface area (Å²) in [6, 6.07) is 7.94. The van der Waals surface area contributed by atoms with Gasteiger partial charge >= 0.3 is 11.3 Å². The minimum Gasteiger partial charge on any atom is -0.504 e. The number of phenolic OH excluding ortho intramolecular Hbond substituents is 4. The normalized spacial score (nSPS) is 11.3. The molecule has 4 aromatic rings. The van der Waals surface area contributed by atoms with Crippen LogP contribution in [0, 0.1) is 0 Å². The number of rotatable bonds is 3. The van der Waals surface area contributed by atoms with Crippen LogP contribution < -0.4 is 11.3 Å². The summed E-state index contributed by atoms with van der Waals surface area (Å²) in [6.45, 7) is 0. The number of aryl methyl sites for hydroxylation is 2. The Balaban J connectivity index is 1.79. The molecule has 8 heteroatoms. The monoisotopic (exact) mass is 382 g/mol. The lowest BCUT2D eigenvalue weighted by atomic mass is 10.1. The lowest BCUT2D eigenvalue weighted by Crippen LogP contribution is -2.08. The zero-order valence-electron chi connectivity index (χ0n) is 14.3. The standard InChI is InChI=1S/C20H14O8/c21-13-4-2-9(5-14(13)22)1-3-10-6-17-18(20(26)27-10)11-7-15(23)16(24)8-12(11)19(25)28-17/h2,4-8,21-24H,1,3H2. The maximum absolute atomic E-state index is 12.5. The van der Waals surface area contributed by atoms with Gasteiger partial charge in [0.2, 0.25) is 0 Å². The largest absolute Gasteiger partial charge is 0.504 e. The van der Waals surface area contributed by atoms with Gasteiger partial charge in [-0.2, -0.15) is 0 Å². The van der Waals surface area contributed by atoms with E-state index in [-0.39, 0.29) is 45.4 Å². The van der Waals surface area contributed by atoms with Crippen LogP contribution in [0.4, 0.5) is 0 Å². The molecule has 142 valence electrons. The molecule has 4 N–H and O–H groups in total. The number of phenols is 4. The Morgan fingerprint density at radius 2 is 1.36 bits per heavy atom. The van der Waals surface area contributed by atoms with Crippen molar-refractivity contribution in [2.24, 2.45) is 0 Å². The number of benzene rings is 2. The van der Waals surface area contributed by atoms with Gasteiger partial charge in [-0.3, -0.25) is 0 Å². The van der Waals surface area contributed by atoms with E-state index in [0.717, 1.165) is 12.1 Å². The first-order chi connectivity index (χ1) is 13.3. The second-order valence-corrected chi connectivity index (χ2v) is 6.34. The Kier molecular flexibility index (Phi) is 3.96. The molecule has 0 saturated carbocycles. The van der Waals surface area contributed by atoms with Gasteiger partial charge in [-0.25, -0.2) is 9.59 Å². The van der Waals surface area contributed by atoms with Gasteiger partial charge in [0.15, 0.2) is 23.0 Å². The fourth-order valence-electron chi connectivity index (χ4n) is 3.06. The van der Waals surface area contributed by atoms with Gasteiger partial charge in [0.1, 0.15) is 16.7 Å². The molecular formula is C20H14O8. The van der Waals surface area contributed by atoms with Gasteiger partial charge in [-0.1, -0.05) is 6.07 Å². The second kappa shape index (κ2) is 6.34. The molecule has 4 rings (SSSR count). The first kappa shape index (κ1) is 17.5. The van der Waals surface area contributed by atoms with Crippen LogP contribution in [0.5, 0.6) is 23.0 Å². The molecule has 0 radical (unpaired) electrons. The van der Waals surface area contributed by atoms with Crippen molar-refractivity contribution in [1.29, 1.82) is 0 Å². The summed E-state index contributed by atoms with van der Waals surface area (Å²) >= 11 is 0. The lowest BCUT2D eigenvalue weighted by molar-refractivity contribution is 0.403. The zero-order valence-corrected chi connectivity index (χ0v) is 14.3. The van der Waals surface area contributed by atoms with E-state index in [4.69, 9.17) is 8.83 Å². The molecule has 28 heavy (non-hydrogen) atoms. The fourth-order valence-corrected chi connectivity index (χ4v) is 3.06. The molecule has 0 atom stereocenters. The van der Waals surface area contributed by atoms with E-state index in [1.165, 1.54) is 18.2 Å². The molecule has 0 aliphatic heterocycles. The molecule has 2 aromatic heterocycles. The van der Waals surface area contributed by atoms with Gasteiger partial charge < -0.3 is 29.3 Å². The minimum absolute atomic E-state index is 0.00222. The third-order valence-corrected chi connectivity index (χ3v) is 4.47. The lowest BCUT2D eigenvalue weighted by Gasteiger charge is -2.06. The Hall–Kier alpha value is -3.94. The third-order valence-electron chi connectivity index (χ3n) is 4.47. The predicted molar refractivity (Wildman–Crippen MR) is 99.0 cm³/mol. The van der Waals surface area contributed by atoms with Gasteiger partial charge in [0.25, 0.3) is 0 Å². The first-order valence-corrected chi connectivity index (χ1v) is 8.30. The van der Waals surface area contributed by atoms with Crippen LogP contribution in [0.3, 0.4) is 0 Å². The van der Waals surface area contributed by atoms with Crippen LogP contribution in [-0.4, -0.2) is 20.4 Å². The molecular weight excluding hydrogens is 368 g/mol. The van der Waals surface area contributed by atoms with Crippen LogP contribution in [0.15, 0.2) is 54.8 Å². The predicted octanol–water partition coefficient (Wildman–Crippen LogP) is 2.51. The minimum atomic E-state index is -0.766. The Morgan fingerprint density at radius 3 is 2.07 bits per heavy atom. The highest BCUT2D eigenvalue weighted by Crippen LogP contribution is 2.32. The van der Waals surface area contributed by atoms with E-state index in [1.54, 1.807) is 6.07 Å².